The van der Waals surface area contributed by atoms with Crippen LogP contribution < -0.4 is 0 Å². The molecule has 0 aromatic heterocycles. The van der Waals surface area contributed by atoms with Gasteiger partial charge in [0.15, 0.2) is 5.78 Å². The highest BCUT2D eigenvalue weighted by Gasteiger charge is 2.26. The van der Waals surface area contributed by atoms with E-state index in [0.717, 1.165) is 32.1 Å². The summed E-state index contributed by atoms with van der Waals surface area (Å²) in [6.07, 6.45) is 25.3. The molecule has 39 heavy (non-hydrogen) atoms. The minimum Gasteiger partial charge on any atom is -0.323 e. The Morgan fingerprint density at radius 2 is 0.974 bits per heavy atom. The molecule has 0 amide bonds. The summed E-state index contributed by atoms with van der Waals surface area (Å²) in [6, 6.07) is 7.82. The number of benzene rings is 1. The molecule has 0 saturated carbocycles. The monoisotopic (exact) mass is 560 g/mol. The lowest BCUT2D eigenvalue weighted by molar-refractivity contribution is -0.115. The number of carbonyl (C=O) groups is 2. The van der Waals surface area contributed by atoms with Crippen molar-refractivity contribution in [1.82, 2.24) is 0 Å². The van der Waals surface area contributed by atoms with Crippen LogP contribution in [0.15, 0.2) is 24.3 Å². The molecule has 1 rings (SSSR count). The SMILES string of the molecule is CCCCCCCCCc1ccc(C(=O)CC(=O)CP(=O)(CCCCCCCC)CCCCCCCC)cc1. The average Bonchev–Trinajstić information content (AvgIpc) is 2.92. The molecule has 0 spiro atoms. The lowest BCUT2D eigenvalue weighted by atomic mass is 10.0. The molecule has 4 heteroatoms. The molecule has 0 aliphatic rings. The third-order valence-corrected chi connectivity index (χ3v) is 11.2. The van der Waals surface area contributed by atoms with Gasteiger partial charge in [0, 0.05) is 17.9 Å². The zero-order chi connectivity index (χ0) is 28.6. The van der Waals surface area contributed by atoms with Crippen LogP contribution >= 0.6 is 7.14 Å². The zero-order valence-corrected chi connectivity index (χ0v) is 26.8. The zero-order valence-electron chi connectivity index (χ0n) is 26.0. The summed E-state index contributed by atoms with van der Waals surface area (Å²) in [5.41, 5.74) is 1.86. The summed E-state index contributed by atoms with van der Waals surface area (Å²) in [5.74, 6) is -0.263. The van der Waals surface area contributed by atoms with Gasteiger partial charge in [-0.25, -0.2) is 0 Å². The molecule has 224 valence electrons. The molecule has 0 aliphatic heterocycles. The van der Waals surface area contributed by atoms with Crippen LogP contribution in [-0.4, -0.2) is 30.1 Å². The molecule has 0 fully saturated rings. The van der Waals surface area contributed by atoms with E-state index in [9.17, 15) is 14.2 Å². The maximum atomic E-state index is 13.8. The Labute approximate surface area is 242 Å². The standard InChI is InChI=1S/C35H61O3P/c1-4-7-10-13-16-17-20-23-32-24-26-33(27-25-32)35(37)30-34(36)31-39(38,28-21-18-14-11-8-5-2)29-22-19-15-12-9-6-3/h24-27H,4-23,28-31H2,1-3H3. The Hall–Kier alpha value is -1.21. The molecule has 0 N–H and O–H groups in total. The smallest absolute Gasteiger partial charge is 0.170 e. The fraction of sp³-hybridized carbons (Fsp3) is 0.771. The molecule has 1 aromatic carbocycles. The molecule has 1 aromatic rings. The molecule has 3 nitrogen and oxygen atoms in total. The fourth-order valence-corrected chi connectivity index (χ4v) is 8.33. The van der Waals surface area contributed by atoms with E-state index in [-0.39, 0.29) is 24.1 Å². The van der Waals surface area contributed by atoms with Crippen molar-refractivity contribution in [3.63, 3.8) is 0 Å². The minimum atomic E-state index is -2.57. The summed E-state index contributed by atoms with van der Waals surface area (Å²) in [7, 11) is -2.57. The quantitative estimate of drug-likeness (QED) is 0.0465. The number of rotatable bonds is 27. The predicted octanol–water partition coefficient (Wildman–Crippen LogP) is 11.2. The maximum Gasteiger partial charge on any atom is 0.170 e. The molecule has 0 heterocycles. The van der Waals surface area contributed by atoms with Crippen LogP contribution in [0.25, 0.3) is 0 Å². The van der Waals surface area contributed by atoms with Gasteiger partial charge in [-0.05, 0) is 31.2 Å². The van der Waals surface area contributed by atoms with Crippen molar-refractivity contribution in [2.75, 3.05) is 18.5 Å². The van der Waals surface area contributed by atoms with Gasteiger partial charge < -0.3 is 4.57 Å². The van der Waals surface area contributed by atoms with Crippen molar-refractivity contribution < 1.29 is 14.2 Å². The summed E-state index contributed by atoms with van der Waals surface area (Å²) in [5, 5.41) is 0. The van der Waals surface area contributed by atoms with E-state index >= 15 is 0 Å². The van der Waals surface area contributed by atoms with Crippen LogP contribution in [0, 0.1) is 0 Å². The van der Waals surface area contributed by atoms with Crippen LogP contribution in [-0.2, 0) is 15.8 Å². The lowest BCUT2D eigenvalue weighted by Gasteiger charge is -2.18. The first-order valence-electron chi connectivity index (χ1n) is 16.6. The van der Waals surface area contributed by atoms with Crippen LogP contribution in [0.3, 0.4) is 0 Å². The Balaban J connectivity index is 2.52. The normalized spacial score (nSPS) is 11.7. The van der Waals surface area contributed by atoms with Crippen molar-refractivity contribution >= 4 is 18.7 Å². The van der Waals surface area contributed by atoms with E-state index in [4.69, 9.17) is 0 Å². The van der Waals surface area contributed by atoms with Gasteiger partial charge in [0.05, 0.1) is 19.7 Å². The lowest BCUT2D eigenvalue weighted by Crippen LogP contribution is -2.15. The average molecular weight is 561 g/mol. The number of aryl methyl sites for hydroxylation is 1. The summed E-state index contributed by atoms with van der Waals surface area (Å²) >= 11 is 0. The van der Waals surface area contributed by atoms with E-state index in [1.807, 2.05) is 24.3 Å². The van der Waals surface area contributed by atoms with E-state index in [0.29, 0.717) is 17.9 Å². The summed E-state index contributed by atoms with van der Waals surface area (Å²) in [6.45, 7) is 6.68. The van der Waals surface area contributed by atoms with Crippen LogP contribution in [0.4, 0.5) is 0 Å². The van der Waals surface area contributed by atoms with Gasteiger partial charge >= 0.3 is 0 Å². The van der Waals surface area contributed by atoms with Crippen molar-refractivity contribution in [2.45, 2.75) is 156 Å². The molecule has 0 bridgehead atoms. The summed E-state index contributed by atoms with van der Waals surface area (Å²) < 4.78 is 13.8. The highest BCUT2D eigenvalue weighted by Crippen LogP contribution is 2.47. The number of hydrogen-bond donors (Lipinski definition) is 0. The van der Waals surface area contributed by atoms with Crippen LogP contribution in [0.2, 0.25) is 0 Å². The third kappa shape index (κ3) is 18.7. The second-order valence-electron chi connectivity index (χ2n) is 11.9. The molecular formula is C35H61O3P. The fourth-order valence-electron chi connectivity index (χ4n) is 5.43. The number of unbranched alkanes of at least 4 members (excludes halogenated alkanes) is 16. The first kappa shape index (κ1) is 35.8. The first-order chi connectivity index (χ1) is 18.9. The Morgan fingerprint density at radius 3 is 1.44 bits per heavy atom. The van der Waals surface area contributed by atoms with Gasteiger partial charge in [-0.1, -0.05) is 148 Å². The van der Waals surface area contributed by atoms with E-state index in [2.05, 4.69) is 20.8 Å². The van der Waals surface area contributed by atoms with Crippen LogP contribution in [0.1, 0.15) is 165 Å². The van der Waals surface area contributed by atoms with Gasteiger partial charge in [-0.2, -0.15) is 0 Å². The van der Waals surface area contributed by atoms with Gasteiger partial charge in [0.2, 0.25) is 0 Å². The molecule has 0 radical (unpaired) electrons. The number of Topliss-reactive ketones (excluding diaryl/α,β-unsaturated/α-hetero) is 2. The molecule has 0 atom stereocenters. The van der Waals surface area contributed by atoms with Crippen LogP contribution in [0.5, 0.6) is 0 Å². The van der Waals surface area contributed by atoms with E-state index in [1.165, 1.54) is 102 Å². The van der Waals surface area contributed by atoms with Crippen molar-refractivity contribution in [2.24, 2.45) is 0 Å². The topological polar surface area (TPSA) is 51.2 Å². The molecule has 0 aliphatic carbocycles. The van der Waals surface area contributed by atoms with Gasteiger partial charge in [0.25, 0.3) is 0 Å². The van der Waals surface area contributed by atoms with Crippen molar-refractivity contribution in [3.05, 3.63) is 35.4 Å². The molecule has 0 saturated heterocycles. The predicted molar refractivity (Wildman–Crippen MR) is 171 cm³/mol. The van der Waals surface area contributed by atoms with Gasteiger partial charge in [-0.15, -0.1) is 0 Å². The highest BCUT2D eigenvalue weighted by atomic mass is 31.2. The largest absolute Gasteiger partial charge is 0.323 e. The van der Waals surface area contributed by atoms with Crippen molar-refractivity contribution in [1.29, 1.82) is 0 Å². The molecular weight excluding hydrogens is 499 g/mol. The Morgan fingerprint density at radius 1 is 0.564 bits per heavy atom. The third-order valence-electron chi connectivity index (χ3n) is 8.01. The first-order valence-corrected chi connectivity index (χ1v) is 18.9. The summed E-state index contributed by atoms with van der Waals surface area (Å²) in [4.78, 5) is 25.8. The minimum absolute atomic E-state index is 0.110. The highest BCUT2D eigenvalue weighted by molar-refractivity contribution is 7.64. The van der Waals surface area contributed by atoms with E-state index in [1.54, 1.807) is 0 Å². The molecule has 0 unspecified atom stereocenters. The Bertz CT molecular complexity index is 779. The van der Waals surface area contributed by atoms with E-state index < -0.39 is 7.14 Å². The number of hydrogen-bond acceptors (Lipinski definition) is 3. The maximum absolute atomic E-state index is 13.8. The van der Waals surface area contributed by atoms with Gasteiger partial charge in [-0.3, -0.25) is 9.59 Å². The second kappa shape index (κ2) is 23.5. The van der Waals surface area contributed by atoms with Crippen molar-refractivity contribution in [3.8, 4) is 0 Å². The number of carbonyl (C=O) groups excluding carboxylic acids is 2. The number of ketones is 2. The second-order valence-corrected chi connectivity index (χ2v) is 15.2. The Kier molecular flexibility index (Phi) is 21.6. The van der Waals surface area contributed by atoms with Gasteiger partial charge in [0.1, 0.15) is 5.78 Å².